The lowest BCUT2D eigenvalue weighted by Gasteiger charge is -2.30. The SMILES string of the molecule is CCC(=O)N1CCc2c(cccc2NCC(=O)N(CCN(C)C(=O)O)Cc2ncccc2C(F)(F)F)C1. The third-order valence-corrected chi connectivity index (χ3v) is 6.27. The molecule has 1 aliphatic rings. The molecule has 2 aromatic rings. The number of rotatable bonds is 9. The van der Waals surface area contributed by atoms with Crippen LogP contribution < -0.4 is 5.32 Å². The Kier molecular flexibility index (Phi) is 8.95. The van der Waals surface area contributed by atoms with Crippen molar-refractivity contribution in [3.63, 3.8) is 0 Å². The summed E-state index contributed by atoms with van der Waals surface area (Å²) in [5.41, 5.74) is 1.39. The van der Waals surface area contributed by atoms with Gasteiger partial charge in [0.25, 0.3) is 0 Å². The van der Waals surface area contributed by atoms with Crippen LogP contribution in [0.1, 0.15) is 35.7 Å². The van der Waals surface area contributed by atoms with Gasteiger partial charge >= 0.3 is 12.3 Å². The van der Waals surface area contributed by atoms with Crippen molar-refractivity contribution in [1.82, 2.24) is 19.7 Å². The van der Waals surface area contributed by atoms with Gasteiger partial charge in [-0.1, -0.05) is 19.1 Å². The lowest BCUT2D eigenvalue weighted by atomic mass is 9.97. The van der Waals surface area contributed by atoms with Gasteiger partial charge in [-0.3, -0.25) is 14.6 Å². The maximum atomic E-state index is 13.5. The summed E-state index contributed by atoms with van der Waals surface area (Å²) in [5.74, 6) is -0.442. The van der Waals surface area contributed by atoms with E-state index in [4.69, 9.17) is 5.11 Å². The minimum atomic E-state index is -4.65. The van der Waals surface area contributed by atoms with Crippen LogP contribution in [0.4, 0.5) is 23.7 Å². The lowest BCUT2D eigenvalue weighted by molar-refractivity contribution is -0.140. The molecule has 0 saturated heterocycles. The highest BCUT2D eigenvalue weighted by molar-refractivity contribution is 5.81. The molecule has 0 radical (unpaired) electrons. The summed E-state index contributed by atoms with van der Waals surface area (Å²) in [6, 6.07) is 7.62. The molecule has 12 heteroatoms. The Morgan fingerprint density at radius 1 is 1.16 bits per heavy atom. The molecule has 0 fully saturated rings. The molecule has 0 spiro atoms. The normalized spacial score (nSPS) is 13.1. The van der Waals surface area contributed by atoms with Gasteiger partial charge in [0.15, 0.2) is 0 Å². The van der Waals surface area contributed by atoms with E-state index in [1.807, 2.05) is 25.1 Å². The van der Waals surface area contributed by atoms with E-state index < -0.39 is 30.3 Å². The lowest BCUT2D eigenvalue weighted by Crippen LogP contribution is -2.41. The molecular weight excluding hydrogens is 491 g/mol. The third kappa shape index (κ3) is 7.11. The van der Waals surface area contributed by atoms with Gasteiger partial charge in [0.1, 0.15) is 0 Å². The monoisotopic (exact) mass is 521 g/mol. The Morgan fingerprint density at radius 2 is 1.92 bits per heavy atom. The van der Waals surface area contributed by atoms with Gasteiger partial charge in [-0.2, -0.15) is 13.2 Å². The molecule has 0 saturated carbocycles. The number of amides is 3. The summed E-state index contributed by atoms with van der Waals surface area (Å²) < 4.78 is 40.5. The number of nitrogens with one attached hydrogen (secondary N) is 1. The quantitative estimate of drug-likeness (QED) is 0.524. The first-order chi connectivity index (χ1) is 17.5. The first kappa shape index (κ1) is 27.8. The maximum absolute atomic E-state index is 13.5. The summed E-state index contributed by atoms with van der Waals surface area (Å²) in [6.07, 6.45) is -3.62. The molecule has 0 unspecified atom stereocenters. The van der Waals surface area contributed by atoms with Crippen LogP contribution in [0, 0.1) is 0 Å². The second-order valence-electron chi connectivity index (χ2n) is 8.73. The fraction of sp³-hybridized carbons (Fsp3) is 0.440. The minimum absolute atomic E-state index is 0.0638. The van der Waals surface area contributed by atoms with Gasteiger partial charge in [0.2, 0.25) is 11.8 Å². The van der Waals surface area contributed by atoms with Gasteiger partial charge < -0.3 is 25.1 Å². The topological polar surface area (TPSA) is 106 Å². The summed E-state index contributed by atoms with van der Waals surface area (Å²) >= 11 is 0. The highest BCUT2D eigenvalue weighted by Crippen LogP contribution is 2.31. The second kappa shape index (κ2) is 11.9. The number of aromatic nitrogens is 1. The highest BCUT2D eigenvalue weighted by atomic mass is 19.4. The van der Waals surface area contributed by atoms with Crippen molar-refractivity contribution in [3.05, 3.63) is 58.9 Å². The van der Waals surface area contributed by atoms with E-state index in [-0.39, 0.29) is 31.2 Å². The van der Waals surface area contributed by atoms with Crippen molar-refractivity contribution >= 4 is 23.6 Å². The number of carbonyl (C=O) groups excluding carboxylic acids is 2. The van der Waals surface area contributed by atoms with Gasteiger partial charge in [0, 0.05) is 51.5 Å². The van der Waals surface area contributed by atoms with E-state index in [0.29, 0.717) is 31.6 Å². The molecule has 2 heterocycles. The third-order valence-electron chi connectivity index (χ3n) is 6.27. The largest absolute Gasteiger partial charge is 0.465 e. The molecule has 37 heavy (non-hydrogen) atoms. The zero-order chi connectivity index (χ0) is 27.2. The Labute approximate surface area is 212 Å². The van der Waals surface area contributed by atoms with Crippen molar-refractivity contribution in [2.75, 3.05) is 38.5 Å². The van der Waals surface area contributed by atoms with E-state index in [1.54, 1.807) is 4.90 Å². The molecule has 1 aromatic carbocycles. The van der Waals surface area contributed by atoms with Gasteiger partial charge in [-0.05, 0) is 35.7 Å². The summed E-state index contributed by atoms with van der Waals surface area (Å²) in [5, 5.41) is 12.2. The number of halogens is 3. The number of benzene rings is 1. The predicted molar refractivity (Wildman–Crippen MR) is 130 cm³/mol. The Morgan fingerprint density at radius 3 is 2.59 bits per heavy atom. The first-order valence-electron chi connectivity index (χ1n) is 11.9. The standard InChI is InChI=1S/C25H30F3N5O4/c1-3-22(34)32-11-9-18-17(15-32)6-4-8-20(18)30-14-23(35)33(13-12-31(2)24(36)37)16-21-19(25(26,27)28)7-5-10-29-21/h4-8,10,30H,3,9,11-16H2,1-2H3,(H,36,37). The zero-order valence-electron chi connectivity index (χ0n) is 20.7. The first-order valence-corrected chi connectivity index (χ1v) is 11.9. The molecule has 9 nitrogen and oxygen atoms in total. The molecule has 0 atom stereocenters. The van der Waals surface area contributed by atoms with Gasteiger partial charge in [-0.15, -0.1) is 0 Å². The molecule has 2 N–H and O–H groups in total. The number of hydrogen-bond donors (Lipinski definition) is 2. The Hall–Kier alpha value is -3.83. The summed E-state index contributed by atoms with van der Waals surface area (Å²) in [4.78, 5) is 44.2. The van der Waals surface area contributed by atoms with Crippen molar-refractivity contribution in [3.8, 4) is 0 Å². The van der Waals surface area contributed by atoms with Crippen LogP contribution in [0.25, 0.3) is 0 Å². The van der Waals surface area contributed by atoms with Crippen LogP contribution in [0.2, 0.25) is 0 Å². The molecule has 3 amide bonds. The maximum Gasteiger partial charge on any atom is 0.418 e. The molecule has 200 valence electrons. The molecule has 0 bridgehead atoms. The number of likely N-dealkylation sites (N-methyl/N-ethyl adjacent to an activating group) is 1. The van der Waals surface area contributed by atoms with E-state index >= 15 is 0 Å². The van der Waals surface area contributed by atoms with E-state index in [9.17, 15) is 27.6 Å². The average Bonchev–Trinajstić information content (AvgIpc) is 2.88. The highest BCUT2D eigenvalue weighted by Gasteiger charge is 2.34. The predicted octanol–water partition coefficient (Wildman–Crippen LogP) is 3.45. The fourth-order valence-corrected chi connectivity index (χ4v) is 4.16. The van der Waals surface area contributed by atoms with Crippen molar-refractivity contribution in [1.29, 1.82) is 0 Å². The van der Waals surface area contributed by atoms with Crippen LogP contribution in [0.5, 0.6) is 0 Å². The van der Waals surface area contributed by atoms with Crippen LogP contribution in [-0.2, 0) is 35.3 Å². The number of hydrogen-bond acceptors (Lipinski definition) is 5. The second-order valence-corrected chi connectivity index (χ2v) is 8.73. The summed E-state index contributed by atoms with van der Waals surface area (Å²) in [6.45, 7) is 2.00. The molecule has 3 rings (SSSR count). The number of fused-ring (bicyclic) bond motifs is 1. The van der Waals surface area contributed by atoms with E-state index in [1.165, 1.54) is 24.2 Å². The number of carbonyl (C=O) groups is 3. The number of alkyl halides is 3. The molecule has 0 aliphatic carbocycles. The van der Waals surface area contributed by atoms with Crippen molar-refractivity contribution in [2.24, 2.45) is 0 Å². The number of pyridine rings is 1. The molecular formula is C25H30F3N5O4. The van der Waals surface area contributed by atoms with Crippen molar-refractivity contribution in [2.45, 2.75) is 39.0 Å². The van der Waals surface area contributed by atoms with Crippen LogP contribution in [-0.4, -0.2) is 75.9 Å². The molecule has 1 aliphatic heterocycles. The summed E-state index contributed by atoms with van der Waals surface area (Å²) in [7, 11) is 1.31. The zero-order valence-corrected chi connectivity index (χ0v) is 20.7. The number of carboxylic acid groups (broad SMARTS) is 1. The van der Waals surface area contributed by atoms with E-state index in [0.717, 1.165) is 22.1 Å². The van der Waals surface area contributed by atoms with Gasteiger partial charge in [-0.25, -0.2) is 4.79 Å². The number of nitrogens with zero attached hydrogens (tertiary/aromatic N) is 4. The smallest absolute Gasteiger partial charge is 0.418 e. The van der Waals surface area contributed by atoms with E-state index in [2.05, 4.69) is 10.3 Å². The molecule has 1 aromatic heterocycles. The average molecular weight is 522 g/mol. The minimum Gasteiger partial charge on any atom is -0.465 e. The number of anilines is 1. The van der Waals surface area contributed by atoms with Crippen molar-refractivity contribution < 1.29 is 32.7 Å². The Bertz CT molecular complexity index is 1140. The van der Waals surface area contributed by atoms with Crippen LogP contribution in [0.3, 0.4) is 0 Å². The van der Waals surface area contributed by atoms with Crippen LogP contribution in [0.15, 0.2) is 36.5 Å². The Balaban J connectivity index is 1.76. The van der Waals surface area contributed by atoms with Crippen LogP contribution >= 0.6 is 0 Å². The van der Waals surface area contributed by atoms with Gasteiger partial charge in [0.05, 0.1) is 24.3 Å². The fourth-order valence-electron chi connectivity index (χ4n) is 4.16.